The zero-order chi connectivity index (χ0) is 16.0. The molecule has 0 saturated heterocycles. The molecule has 0 aliphatic carbocycles. The molecule has 2 amide bonds. The normalized spacial score (nSPS) is 10.2. The minimum Gasteiger partial charge on any atom is -0.494 e. The maximum atomic E-state index is 11.9. The number of benzene rings is 1. The lowest BCUT2D eigenvalue weighted by Gasteiger charge is -2.16. The van der Waals surface area contributed by atoms with Crippen molar-refractivity contribution in [3.05, 3.63) is 12.1 Å². The molecule has 0 heterocycles. The summed E-state index contributed by atoms with van der Waals surface area (Å²) in [5, 5.41) is 5.45. The summed E-state index contributed by atoms with van der Waals surface area (Å²) in [6.45, 7) is 5.35. The Hall–Kier alpha value is -2.24. The van der Waals surface area contributed by atoms with E-state index in [1.54, 1.807) is 12.1 Å². The Kier molecular flexibility index (Phi) is 6.02. The lowest BCUT2D eigenvalue weighted by molar-refractivity contribution is -0.117. The van der Waals surface area contributed by atoms with Crippen LogP contribution in [0.25, 0.3) is 0 Å². The number of hydrogen-bond donors (Lipinski definition) is 2. The average Bonchev–Trinajstić information content (AvgIpc) is 2.38. The summed E-state index contributed by atoms with van der Waals surface area (Å²) in [5.41, 5.74) is 0.998. The number of ether oxygens (including phenoxy) is 2. The van der Waals surface area contributed by atoms with E-state index in [-0.39, 0.29) is 17.7 Å². The fourth-order valence-electron chi connectivity index (χ4n) is 1.85. The number of carbonyl (C=O) groups excluding carboxylic acids is 2. The lowest BCUT2D eigenvalue weighted by Crippen LogP contribution is -2.15. The lowest BCUT2D eigenvalue weighted by atomic mass is 10.1. The van der Waals surface area contributed by atoms with Gasteiger partial charge < -0.3 is 20.1 Å². The van der Waals surface area contributed by atoms with Gasteiger partial charge in [0.2, 0.25) is 11.8 Å². The zero-order valence-corrected chi connectivity index (χ0v) is 13.1. The SMILES string of the molecule is COc1cc(NC(=O)CC(C)C)c(OC)cc1NC(C)=O. The average molecular weight is 294 g/mol. The van der Waals surface area contributed by atoms with E-state index in [4.69, 9.17) is 9.47 Å². The minimum absolute atomic E-state index is 0.0994. The van der Waals surface area contributed by atoms with E-state index in [1.165, 1.54) is 21.1 Å². The van der Waals surface area contributed by atoms with Crippen molar-refractivity contribution in [3.63, 3.8) is 0 Å². The molecule has 0 spiro atoms. The fourth-order valence-corrected chi connectivity index (χ4v) is 1.85. The Morgan fingerprint density at radius 3 is 1.90 bits per heavy atom. The van der Waals surface area contributed by atoms with E-state index in [0.717, 1.165) is 0 Å². The molecule has 1 aromatic carbocycles. The number of methoxy groups -OCH3 is 2. The summed E-state index contributed by atoms with van der Waals surface area (Å²) in [6, 6.07) is 3.24. The summed E-state index contributed by atoms with van der Waals surface area (Å²) in [5.74, 6) is 0.851. The molecule has 2 N–H and O–H groups in total. The van der Waals surface area contributed by atoms with Crippen LogP contribution in [0.2, 0.25) is 0 Å². The highest BCUT2D eigenvalue weighted by molar-refractivity contribution is 5.95. The largest absolute Gasteiger partial charge is 0.494 e. The first-order valence-corrected chi connectivity index (χ1v) is 6.70. The Bertz CT molecular complexity index is 527. The van der Waals surface area contributed by atoms with Crippen molar-refractivity contribution in [2.24, 2.45) is 5.92 Å². The fraction of sp³-hybridized carbons (Fsp3) is 0.467. The highest BCUT2D eigenvalue weighted by Gasteiger charge is 2.14. The zero-order valence-electron chi connectivity index (χ0n) is 13.1. The summed E-state index contributed by atoms with van der Waals surface area (Å²) in [7, 11) is 2.99. The first-order chi connectivity index (χ1) is 9.87. The second-order valence-electron chi connectivity index (χ2n) is 5.08. The minimum atomic E-state index is -0.216. The molecule has 0 bridgehead atoms. The van der Waals surface area contributed by atoms with Gasteiger partial charge in [0.05, 0.1) is 25.6 Å². The quantitative estimate of drug-likeness (QED) is 0.845. The van der Waals surface area contributed by atoms with Gasteiger partial charge in [0, 0.05) is 25.5 Å². The first-order valence-electron chi connectivity index (χ1n) is 6.70. The Morgan fingerprint density at radius 1 is 1.05 bits per heavy atom. The number of nitrogens with one attached hydrogen (secondary N) is 2. The molecule has 0 aliphatic heterocycles. The number of amides is 2. The molecule has 0 fully saturated rings. The highest BCUT2D eigenvalue weighted by atomic mass is 16.5. The predicted molar refractivity (Wildman–Crippen MR) is 81.9 cm³/mol. The second kappa shape index (κ2) is 7.52. The van der Waals surface area contributed by atoms with Crippen LogP contribution in [0.15, 0.2) is 12.1 Å². The van der Waals surface area contributed by atoms with Gasteiger partial charge in [0.25, 0.3) is 0 Å². The standard InChI is InChI=1S/C15H22N2O4/c1-9(2)6-15(19)17-12-8-13(20-4)11(16-10(3)18)7-14(12)21-5/h7-9H,6H2,1-5H3,(H,16,18)(H,17,19). The van der Waals surface area contributed by atoms with Crippen molar-refractivity contribution < 1.29 is 19.1 Å². The predicted octanol–water partition coefficient (Wildman–Crippen LogP) is 2.65. The van der Waals surface area contributed by atoms with Crippen LogP contribution in [-0.4, -0.2) is 26.0 Å². The molecule has 0 atom stereocenters. The van der Waals surface area contributed by atoms with Crippen molar-refractivity contribution in [1.29, 1.82) is 0 Å². The van der Waals surface area contributed by atoms with Gasteiger partial charge in [0.15, 0.2) is 0 Å². The number of anilines is 2. The van der Waals surface area contributed by atoms with Gasteiger partial charge in [-0.1, -0.05) is 13.8 Å². The van der Waals surface area contributed by atoms with Gasteiger partial charge in [0.1, 0.15) is 11.5 Å². The van der Waals surface area contributed by atoms with Gasteiger partial charge in [-0.2, -0.15) is 0 Å². The van der Waals surface area contributed by atoms with Gasteiger partial charge >= 0.3 is 0 Å². The Balaban J connectivity index is 3.08. The van der Waals surface area contributed by atoms with Crippen LogP contribution >= 0.6 is 0 Å². The van der Waals surface area contributed by atoms with Crippen molar-refractivity contribution in [1.82, 2.24) is 0 Å². The summed E-state index contributed by atoms with van der Waals surface area (Å²) < 4.78 is 10.5. The molecule has 116 valence electrons. The van der Waals surface area contributed by atoms with Crippen LogP contribution in [0.1, 0.15) is 27.2 Å². The number of carbonyl (C=O) groups is 2. The Labute approximate surface area is 124 Å². The van der Waals surface area contributed by atoms with Crippen molar-refractivity contribution in [2.45, 2.75) is 27.2 Å². The molecule has 21 heavy (non-hydrogen) atoms. The summed E-state index contributed by atoms with van der Waals surface area (Å²) in [4.78, 5) is 23.1. The first kappa shape index (κ1) is 16.8. The van der Waals surface area contributed by atoms with Crippen LogP contribution in [0.3, 0.4) is 0 Å². The third-order valence-corrected chi connectivity index (χ3v) is 2.70. The van der Waals surface area contributed by atoms with Crippen LogP contribution in [-0.2, 0) is 9.59 Å². The molecule has 0 radical (unpaired) electrons. The topological polar surface area (TPSA) is 76.7 Å². The van der Waals surface area contributed by atoms with E-state index in [9.17, 15) is 9.59 Å². The molecule has 6 nitrogen and oxygen atoms in total. The van der Waals surface area contributed by atoms with Crippen molar-refractivity contribution in [3.8, 4) is 11.5 Å². The molecule has 0 aliphatic rings. The highest BCUT2D eigenvalue weighted by Crippen LogP contribution is 2.36. The van der Waals surface area contributed by atoms with Gasteiger partial charge in [-0.25, -0.2) is 0 Å². The van der Waals surface area contributed by atoms with Crippen molar-refractivity contribution in [2.75, 3.05) is 24.9 Å². The van der Waals surface area contributed by atoms with Crippen LogP contribution in [0, 0.1) is 5.92 Å². The van der Waals surface area contributed by atoms with Gasteiger partial charge in [-0.05, 0) is 5.92 Å². The second-order valence-corrected chi connectivity index (χ2v) is 5.08. The van der Waals surface area contributed by atoms with Gasteiger partial charge in [-0.3, -0.25) is 9.59 Å². The van der Waals surface area contributed by atoms with E-state index >= 15 is 0 Å². The smallest absolute Gasteiger partial charge is 0.224 e. The van der Waals surface area contributed by atoms with Crippen LogP contribution in [0.4, 0.5) is 11.4 Å². The van der Waals surface area contributed by atoms with Crippen LogP contribution < -0.4 is 20.1 Å². The summed E-state index contributed by atoms with van der Waals surface area (Å²) >= 11 is 0. The molecule has 0 saturated carbocycles. The third-order valence-electron chi connectivity index (χ3n) is 2.70. The molecule has 0 unspecified atom stereocenters. The third kappa shape index (κ3) is 4.98. The Morgan fingerprint density at radius 2 is 1.52 bits per heavy atom. The molecule has 6 heteroatoms. The molecule has 1 aromatic rings. The van der Waals surface area contributed by atoms with E-state index in [2.05, 4.69) is 10.6 Å². The maximum absolute atomic E-state index is 11.9. The van der Waals surface area contributed by atoms with E-state index in [1.807, 2.05) is 13.8 Å². The molecular formula is C15H22N2O4. The summed E-state index contributed by atoms with van der Waals surface area (Å²) in [6.07, 6.45) is 0.416. The maximum Gasteiger partial charge on any atom is 0.224 e. The molecule has 1 rings (SSSR count). The van der Waals surface area contributed by atoms with Crippen molar-refractivity contribution >= 4 is 23.2 Å². The van der Waals surface area contributed by atoms with Crippen LogP contribution in [0.5, 0.6) is 11.5 Å². The molecular weight excluding hydrogens is 272 g/mol. The number of rotatable bonds is 6. The molecule has 0 aromatic heterocycles. The monoisotopic (exact) mass is 294 g/mol. The van der Waals surface area contributed by atoms with E-state index < -0.39 is 0 Å². The van der Waals surface area contributed by atoms with Gasteiger partial charge in [-0.15, -0.1) is 0 Å². The van der Waals surface area contributed by atoms with E-state index in [0.29, 0.717) is 29.3 Å². The number of hydrogen-bond acceptors (Lipinski definition) is 4.